The van der Waals surface area contributed by atoms with E-state index in [0.29, 0.717) is 35.6 Å². The molecule has 0 saturated heterocycles. The summed E-state index contributed by atoms with van der Waals surface area (Å²) in [4.78, 5) is 8.92. The fourth-order valence-electron chi connectivity index (χ4n) is 2.00. The van der Waals surface area contributed by atoms with Crippen LogP contribution in [0.2, 0.25) is 5.02 Å². The molecular weight excluding hydrogens is 326 g/mol. The molecule has 0 radical (unpaired) electrons. The molecule has 0 spiro atoms. The average molecular weight is 350 g/mol. The van der Waals surface area contributed by atoms with Gasteiger partial charge in [0, 0.05) is 36.6 Å². The lowest BCUT2D eigenvalue weighted by molar-refractivity contribution is 0.378. The van der Waals surface area contributed by atoms with Crippen molar-refractivity contribution in [1.29, 1.82) is 0 Å². The average Bonchev–Trinajstić information content (AvgIpc) is 3.01. The maximum absolute atomic E-state index is 5.99. The molecule has 0 fully saturated rings. The third-order valence-corrected chi connectivity index (χ3v) is 3.38. The van der Waals surface area contributed by atoms with Gasteiger partial charge in [0.15, 0.2) is 5.96 Å². The van der Waals surface area contributed by atoms with E-state index in [9.17, 15) is 0 Å². The minimum absolute atomic E-state index is 0.525. The summed E-state index contributed by atoms with van der Waals surface area (Å²) >= 11 is 5.99. The van der Waals surface area contributed by atoms with Crippen LogP contribution in [-0.4, -0.2) is 35.7 Å². The summed E-state index contributed by atoms with van der Waals surface area (Å²) in [5.41, 5.74) is 0.845. The Morgan fingerprint density at radius 3 is 2.88 bits per heavy atom. The number of aromatic nitrogens is 2. The number of guanidine groups is 1. The monoisotopic (exact) mass is 349 g/mol. The molecule has 0 aliphatic carbocycles. The molecule has 24 heavy (non-hydrogen) atoms. The summed E-state index contributed by atoms with van der Waals surface area (Å²) in [6, 6.07) is 7.40. The highest BCUT2D eigenvalue weighted by Crippen LogP contribution is 2.19. The van der Waals surface area contributed by atoms with E-state index in [2.05, 4.69) is 39.6 Å². The summed E-state index contributed by atoms with van der Waals surface area (Å²) in [6.45, 7) is 8.60. The van der Waals surface area contributed by atoms with Crippen LogP contribution in [0.25, 0.3) is 11.4 Å². The third kappa shape index (κ3) is 5.85. The minimum atomic E-state index is 0.525. The summed E-state index contributed by atoms with van der Waals surface area (Å²) in [6.07, 6.45) is 0.625. The van der Waals surface area contributed by atoms with E-state index < -0.39 is 0 Å². The number of nitrogens with one attached hydrogen (secondary N) is 2. The van der Waals surface area contributed by atoms with E-state index >= 15 is 0 Å². The third-order valence-electron chi connectivity index (χ3n) is 3.14. The molecule has 7 heteroatoms. The first-order valence-corrected chi connectivity index (χ1v) is 8.57. The van der Waals surface area contributed by atoms with E-state index in [1.807, 2.05) is 31.2 Å². The zero-order valence-corrected chi connectivity index (χ0v) is 15.1. The molecule has 0 amide bonds. The van der Waals surface area contributed by atoms with Crippen LogP contribution in [0.1, 0.15) is 26.7 Å². The lowest BCUT2D eigenvalue weighted by atomic mass is 10.2. The Hall–Kier alpha value is -2.08. The first kappa shape index (κ1) is 18.3. The fourth-order valence-corrected chi connectivity index (χ4v) is 2.19. The van der Waals surface area contributed by atoms with Crippen LogP contribution in [0.3, 0.4) is 0 Å². The second-order valence-corrected chi connectivity index (χ2v) is 6.25. The highest BCUT2D eigenvalue weighted by atomic mass is 35.5. The molecule has 1 aromatic heterocycles. The Morgan fingerprint density at radius 1 is 1.33 bits per heavy atom. The van der Waals surface area contributed by atoms with Gasteiger partial charge in [-0.25, -0.2) is 0 Å². The number of hydrogen-bond donors (Lipinski definition) is 2. The van der Waals surface area contributed by atoms with Gasteiger partial charge >= 0.3 is 0 Å². The molecule has 130 valence electrons. The van der Waals surface area contributed by atoms with Crippen LogP contribution in [0.4, 0.5) is 0 Å². The van der Waals surface area contributed by atoms with Crippen LogP contribution >= 0.6 is 11.6 Å². The van der Waals surface area contributed by atoms with Crippen molar-refractivity contribution in [2.24, 2.45) is 10.9 Å². The van der Waals surface area contributed by atoms with Gasteiger partial charge in [-0.1, -0.05) is 42.7 Å². The van der Waals surface area contributed by atoms with Crippen LogP contribution in [0.5, 0.6) is 0 Å². The van der Waals surface area contributed by atoms with Crippen molar-refractivity contribution >= 4 is 17.6 Å². The number of halogens is 1. The van der Waals surface area contributed by atoms with Gasteiger partial charge in [0.25, 0.3) is 0 Å². The molecule has 2 N–H and O–H groups in total. The maximum Gasteiger partial charge on any atom is 0.228 e. The molecule has 1 heterocycles. The molecular formula is C17H24ClN5O. The number of aliphatic imine (C=N–C) groups is 1. The normalized spacial score (nSPS) is 11.8. The highest BCUT2D eigenvalue weighted by Gasteiger charge is 2.09. The van der Waals surface area contributed by atoms with Crippen molar-refractivity contribution in [3.63, 3.8) is 0 Å². The molecule has 0 atom stereocenters. The second kappa shape index (κ2) is 9.27. The second-order valence-electron chi connectivity index (χ2n) is 5.81. The topological polar surface area (TPSA) is 75.3 Å². The van der Waals surface area contributed by atoms with Crippen molar-refractivity contribution in [3.8, 4) is 11.4 Å². The molecule has 6 nitrogen and oxygen atoms in total. The van der Waals surface area contributed by atoms with Gasteiger partial charge in [-0.2, -0.15) is 4.98 Å². The van der Waals surface area contributed by atoms with Crippen molar-refractivity contribution in [3.05, 3.63) is 35.2 Å². The molecule has 0 aliphatic heterocycles. The van der Waals surface area contributed by atoms with Crippen molar-refractivity contribution < 1.29 is 4.52 Å². The van der Waals surface area contributed by atoms with Crippen molar-refractivity contribution in [2.45, 2.75) is 27.2 Å². The van der Waals surface area contributed by atoms with Crippen molar-refractivity contribution in [1.82, 2.24) is 20.8 Å². The Morgan fingerprint density at radius 2 is 2.17 bits per heavy atom. The van der Waals surface area contributed by atoms with Gasteiger partial charge in [-0.15, -0.1) is 0 Å². The first-order valence-electron chi connectivity index (χ1n) is 8.19. The van der Waals surface area contributed by atoms with Gasteiger partial charge in [0.2, 0.25) is 11.7 Å². The smallest absolute Gasteiger partial charge is 0.228 e. The van der Waals surface area contributed by atoms with Gasteiger partial charge in [0.1, 0.15) is 0 Å². The van der Waals surface area contributed by atoms with Gasteiger partial charge in [-0.3, -0.25) is 4.99 Å². The first-order chi connectivity index (χ1) is 11.6. The van der Waals surface area contributed by atoms with Gasteiger partial charge in [0.05, 0.1) is 0 Å². The minimum Gasteiger partial charge on any atom is -0.357 e. The van der Waals surface area contributed by atoms with Crippen LogP contribution in [0, 0.1) is 5.92 Å². The largest absolute Gasteiger partial charge is 0.357 e. The van der Waals surface area contributed by atoms with E-state index in [0.717, 1.165) is 24.6 Å². The highest BCUT2D eigenvalue weighted by molar-refractivity contribution is 6.30. The zero-order valence-electron chi connectivity index (χ0n) is 14.3. The number of rotatable bonds is 7. The predicted octanol–water partition coefficient (Wildman–Crippen LogP) is 3.14. The van der Waals surface area contributed by atoms with E-state index in [4.69, 9.17) is 16.1 Å². The van der Waals surface area contributed by atoms with Gasteiger partial charge in [-0.05, 0) is 25.0 Å². The van der Waals surface area contributed by atoms with E-state index in [-0.39, 0.29) is 0 Å². The summed E-state index contributed by atoms with van der Waals surface area (Å²) < 4.78 is 5.29. The summed E-state index contributed by atoms with van der Waals surface area (Å²) in [5, 5.41) is 11.1. The maximum atomic E-state index is 5.99. The van der Waals surface area contributed by atoms with Crippen molar-refractivity contribution in [2.75, 3.05) is 19.6 Å². The predicted molar refractivity (Wildman–Crippen MR) is 97.3 cm³/mol. The van der Waals surface area contributed by atoms with Crippen LogP contribution in [0.15, 0.2) is 33.8 Å². The number of nitrogens with zero attached hydrogens (tertiary/aromatic N) is 3. The molecule has 1 aromatic carbocycles. The Labute approximate surface area is 147 Å². The quantitative estimate of drug-likeness (QED) is 0.593. The zero-order chi connectivity index (χ0) is 17.4. The fraction of sp³-hybridized carbons (Fsp3) is 0.471. The standard InChI is InChI=1S/C17H24ClN5O/c1-4-19-17(21-11-12(2)3)20-9-8-15-22-16(23-24-15)13-6-5-7-14(18)10-13/h5-7,10,12H,4,8-9,11H2,1-3H3,(H2,19,20,21). The SMILES string of the molecule is CCNC(=NCC(C)C)NCCc1nc(-c2cccc(Cl)c2)no1. The van der Waals surface area contributed by atoms with Crippen LogP contribution in [-0.2, 0) is 6.42 Å². The molecule has 0 unspecified atom stereocenters. The summed E-state index contributed by atoms with van der Waals surface area (Å²) in [7, 11) is 0. The Kier molecular flexibility index (Phi) is 7.06. The van der Waals surface area contributed by atoms with Crippen LogP contribution < -0.4 is 10.6 Å². The van der Waals surface area contributed by atoms with E-state index in [1.165, 1.54) is 0 Å². The Bertz CT molecular complexity index is 669. The molecule has 0 bridgehead atoms. The lowest BCUT2D eigenvalue weighted by Gasteiger charge is -2.10. The molecule has 2 aromatic rings. The lowest BCUT2D eigenvalue weighted by Crippen LogP contribution is -2.38. The summed E-state index contributed by atoms with van der Waals surface area (Å²) in [5.74, 6) is 2.46. The molecule has 2 rings (SSSR count). The Balaban J connectivity index is 1.89. The van der Waals surface area contributed by atoms with Gasteiger partial charge < -0.3 is 15.2 Å². The molecule has 0 saturated carbocycles. The van der Waals surface area contributed by atoms with E-state index in [1.54, 1.807) is 0 Å². The number of benzene rings is 1. The number of hydrogen-bond acceptors (Lipinski definition) is 4. The molecule has 0 aliphatic rings.